The zero-order valence-corrected chi connectivity index (χ0v) is 12.4. The lowest BCUT2D eigenvalue weighted by atomic mass is 9.85. The van der Waals surface area contributed by atoms with Crippen molar-refractivity contribution in [1.29, 1.82) is 0 Å². The lowest BCUT2D eigenvalue weighted by Crippen LogP contribution is -2.30. The third-order valence-electron chi connectivity index (χ3n) is 3.60. The third-order valence-corrected chi connectivity index (χ3v) is 3.60. The number of aliphatic hydroxyl groups excluding tert-OH is 1. The lowest BCUT2D eigenvalue weighted by molar-refractivity contribution is 0.156. The van der Waals surface area contributed by atoms with E-state index in [0.29, 0.717) is 6.54 Å². The van der Waals surface area contributed by atoms with E-state index in [-0.39, 0.29) is 5.92 Å². The van der Waals surface area contributed by atoms with E-state index in [1.807, 2.05) is 7.05 Å². The molecule has 20 heavy (non-hydrogen) atoms. The second kappa shape index (κ2) is 6.69. The minimum absolute atomic E-state index is 0.00208. The first-order valence-electron chi connectivity index (χ1n) is 7.07. The maximum Gasteiger partial charge on any atom is 0.0773 e. The Bertz CT molecular complexity index is 519. The molecule has 0 aromatic heterocycles. The quantitative estimate of drug-likeness (QED) is 0.874. The van der Waals surface area contributed by atoms with Gasteiger partial charge in [0, 0.05) is 12.5 Å². The van der Waals surface area contributed by atoms with Crippen LogP contribution in [0.2, 0.25) is 0 Å². The molecule has 0 heterocycles. The van der Waals surface area contributed by atoms with Crippen LogP contribution in [0.3, 0.4) is 0 Å². The average molecular weight is 269 g/mol. The minimum atomic E-state index is -0.441. The summed E-state index contributed by atoms with van der Waals surface area (Å²) in [5.41, 5.74) is 4.77. The fourth-order valence-electron chi connectivity index (χ4n) is 2.69. The van der Waals surface area contributed by atoms with Crippen molar-refractivity contribution in [2.45, 2.75) is 25.9 Å². The highest BCUT2D eigenvalue weighted by Crippen LogP contribution is 2.29. The standard InChI is InChI=1S/C18H23NO/c1-13-6-4-8-15(10-13)18(17(20)12-19-3)16-9-5-7-14(2)11-16/h4-11,17-20H,12H2,1-3H3. The smallest absolute Gasteiger partial charge is 0.0773 e. The lowest BCUT2D eigenvalue weighted by Gasteiger charge is -2.24. The Kier molecular flexibility index (Phi) is 4.94. The Balaban J connectivity index is 2.44. The number of benzene rings is 2. The predicted molar refractivity (Wildman–Crippen MR) is 84.1 cm³/mol. The van der Waals surface area contributed by atoms with Gasteiger partial charge >= 0.3 is 0 Å². The van der Waals surface area contributed by atoms with Crippen LogP contribution in [0, 0.1) is 13.8 Å². The van der Waals surface area contributed by atoms with Crippen LogP contribution in [0.5, 0.6) is 0 Å². The molecule has 2 aromatic rings. The minimum Gasteiger partial charge on any atom is -0.391 e. The highest BCUT2D eigenvalue weighted by Gasteiger charge is 2.22. The normalized spacial score (nSPS) is 12.7. The number of aliphatic hydroxyl groups is 1. The molecule has 2 rings (SSSR count). The average Bonchev–Trinajstić information content (AvgIpc) is 2.39. The molecule has 0 aliphatic carbocycles. The molecule has 0 radical (unpaired) electrons. The van der Waals surface area contributed by atoms with Crippen LogP contribution in [-0.2, 0) is 0 Å². The number of hydrogen-bond donors (Lipinski definition) is 2. The summed E-state index contributed by atoms with van der Waals surface area (Å²) in [5.74, 6) is 0.00208. The molecule has 0 saturated heterocycles. The molecule has 1 unspecified atom stereocenters. The molecule has 2 N–H and O–H groups in total. The van der Waals surface area contributed by atoms with Gasteiger partial charge in [-0.15, -0.1) is 0 Å². The fraction of sp³-hybridized carbons (Fsp3) is 0.333. The molecule has 0 spiro atoms. The molecule has 0 bridgehead atoms. The van der Waals surface area contributed by atoms with Crippen molar-refractivity contribution in [2.24, 2.45) is 0 Å². The van der Waals surface area contributed by atoms with E-state index >= 15 is 0 Å². The van der Waals surface area contributed by atoms with Crippen molar-refractivity contribution in [3.8, 4) is 0 Å². The van der Waals surface area contributed by atoms with Gasteiger partial charge in [-0.2, -0.15) is 0 Å². The SMILES string of the molecule is CNCC(O)C(c1cccc(C)c1)c1cccc(C)c1. The number of hydrogen-bond acceptors (Lipinski definition) is 2. The van der Waals surface area contributed by atoms with Crippen LogP contribution in [0.15, 0.2) is 48.5 Å². The molecule has 2 heteroatoms. The van der Waals surface area contributed by atoms with Crippen LogP contribution in [0.25, 0.3) is 0 Å². The second-order valence-electron chi connectivity index (χ2n) is 5.43. The molecule has 0 amide bonds. The number of likely N-dealkylation sites (N-methyl/N-ethyl adjacent to an activating group) is 1. The van der Waals surface area contributed by atoms with Crippen molar-refractivity contribution in [3.05, 3.63) is 70.8 Å². The zero-order chi connectivity index (χ0) is 14.5. The van der Waals surface area contributed by atoms with Crippen LogP contribution >= 0.6 is 0 Å². The summed E-state index contributed by atoms with van der Waals surface area (Å²) in [5, 5.41) is 13.6. The Morgan fingerprint density at radius 2 is 1.45 bits per heavy atom. The Labute approximate surface area is 121 Å². The predicted octanol–water partition coefficient (Wildman–Crippen LogP) is 3.02. The van der Waals surface area contributed by atoms with Gasteiger partial charge in [0.15, 0.2) is 0 Å². The first-order chi connectivity index (χ1) is 9.61. The topological polar surface area (TPSA) is 32.3 Å². The summed E-state index contributed by atoms with van der Waals surface area (Å²) in [4.78, 5) is 0. The molecule has 106 valence electrons. The molecule has 0 aliphatic heterocycles. The van der Waals surface area contributed by atoms with Gasteiger partial charge < -0.3 is 10.4 Å². The van der Waals surface area contributed by atoms with E-state index in [4.69, 9.17) is 0 Å². The van der Waals surface area contributed by atoms with Crippen molar-refractivity contribution < 1.29 is 5.11 Å². The van der Waals surface area contributed by atoms with Crippen molar-refractivity contribution in [1.82, 2.24) is 5.32 Å². The number of aryl methyl sites for hydroxylation is 2. The second-order valence-corrected chi connectivity index (χ2v) is 5.43. The number of nitrogens with one attached hydrogen (secondary N) is 1. The summed E-state index contributed by atoms with van der Waals surface area (Å²) in [6.45, 7) is 4.75. The van der Waals surface area contributed by atoms with Gasteiger partial charge in [-0.3, -0.25) is 0 Å². The fourth-order valence-corrected chi connectivity index (χ4v) is 2.69. The maximum absolute atomic E-state index is 10.5. The first-order valence-corrected chi connectivity index (χ1v) is 7.07. The van der Waals surface area contributed by atoms with Gasteiger partial charge in [0.2, 0.25) is 0 Å². The van der Waals surface area contributed by atoms with Gasteiger partial charge in [-0.1, -0.05) is 59.7 Å². The Morgan fingerprint density at radius 3 is 1.85 bits per heavy atom. The first kappa shape index (κ1) is 14.8. The van der Waals surface area contributed by atoms with Crippen LogP contribution in [0.4, 0.5) is 0 Å². The van der Waals surface area contributed by atoms with Crippen LogP contribution in [0.1, 0.15) is 28.2 Å². The van der Waals surface area contributed by atoms with E-state index < -0.39 is 6.10 Å². The van der Waals surface area contributed by atoms with Crippen molar-refractivity contribution in [2.75, 3.05) is 13.6 Å². The van der Waals surface area contributed by atoms with Gasteiger partial charge in [0.25, 0.3) is 0 Å². The van der Waals surface area contributed by atoms with Gasteiger partial charge in [-0.25, -0.2) is 0 Å². The zero-order valence-electron chi connectivity index (χ0n) is 12.4. The van der Waals surface area contributed by atoms with Crippen LogP contribution in [-0.4, -0.2) is 24.8 Å². The highest BCUT2D eigenvalue weighted by molar-refractivity contribution is 5.37. The van der Waals surface area contributed by atoms with Gasteiger partial charge in [0.05, 0.1) is 6.10 Å². The highest BCUT2D eigenvalue weighted by atomic mass is 16.3. The molecule has 0 fully saturated rings. The van der Waals surface area contributed by atoms with Crippen molar-refractivity contribution in [3.63, 3.8) is 0 Å². The molecule has 2 nitrogen and oxygen atoms in total. The largest absolute Gasteiger partial charge is 0.391 e. The summed E-state index contributed by atoms with van der Waals surface area (Å²) >= 11 is 0. The van der Waals surface area contributed by atoms with E-state index in [0.717, 1.165) is 0 Å². The van der Waals surface area contributed by atoms with Gasteiger partial charge in [0.1, 0.15) is 0 Å². The molecule has 0 saturated carbocycles. The molecule has 1 atom stereocenters. The van der Waals surface area contributed by atoms with Crippen molar-refractivity contribution >= 4 is 0 Å². The Hall–Kier alpha value is -1.64. The monoisotopic (exact) mass is 269 g/mol. The van der Waals surface area contributed by atoms with E-state index in [1.165, 1.54) is 22.3 Å². The third kappa shape index (κ3) is 3.47. The van der Waals surface area contributed by atoms with Crippen LogP contribution < -0.4 is 5.32 Å². The summed E-state index contributed by atoms with van der Waals surface area (Å²) in [7, 11) is 1.87. The van der Waals surface area contributed by atoms with E-state index in [1.54, 1.807) is 0 Å². The number of rotatable bonds is 5. The molecule has 2 aromatic carbocycles. The maximum atomic E-state index is 10.5. The molecular formula is C18H23NO. The van der Waals surface area contributed by atoms with E-state index in [2.05, 4.69) is 67.7 Å². The summed E-state index contributed by atoms with van der Waals surface area (Å²) < 4.78 is 0. The summed E-state index contributed by atoms with van der Waals surface area (Å²) in [6.07, 6.45) is -0.441. The molecule has 0 aliphatic rings. The summed E-state index contributed by atoms with van der Waals surface area (Å²) in [6, 6.07) is 16.8. The van der Waals surface area contributed by atoms with E-state index in [9.17, 15) is 5.11 Å². The molecular weight excluding hydrogens is 246 g/mol. The van der Waals surface area contributed by atoms with Gasteiger partial charge in [-0.05, 0) is 32.0 Å². The Morgan fingerprint density at radius 1 is 0.950 bits per heavy atom.